The van der Waals surface area contributed by atoms with Crippen molar-refractivity contribution in [2.24, 2.45) is 5.84 Å². The minimum absolute atomic E-state index is 0.123. The van der Waals surface area contributed by atoms with Gasteiger partial charge in [0.25, 0.3) is 0 Å². The molecule has 7 nitrogen and oxygen atoms in total. The third-order valence-corrected chi connectivity index (χ3v) is 1.46. The van der Waals surface area contributed by atoms with Gasteiger partial charge in [0.15, 0.2) is 0 Å². The molecule has 0 bridgehead atoms. The molecule has 0 aliphatic heterocycles. The number of hydrogen-bond acceptors (Lipinski definition) is 5. The van der Waals surface area contributed by atoms with Gasteiger partial charge in [-0.05, 0) is 0 Å². The second-order valence-corrected chi connectivity index (χ2v) is 2.58. The standard InChI is InChI=1S/C8H11N5O2/c9-5-13(10)2-1-8(14)15-4-7-3-11-6-12-7/h1-3,5-6,9H,4,10H2,(H,11,12)/b2-1-,9-5?. The van der Waals surface area contributed by atoms with Crippen LogP contribution in [0.25, 0.3) is 0 Å². The van der Waals surface area contributed by atoms with Crippen molar-refractivity contribution in [3.8, 4) is 0 Å². The average Bonchev–Trinajstić information content (AvgIpc) is 2.75. The van der Waals surface area contributed by atoms with E-state index in [1.807, 2.05) is 0 Å². The number of carbonyl (C=O) groups is 1. The van der Waals surface area contributed by atoms with Crippen LogP contribution in [0, 0.1) is 5.41 Å². The monoisotopic (exact) mass is 209 g/mol. The van der Waals surface area contributed by atoms with Crippen LogP contribution in [0.15, 0.2) is 24.8 Å². The molecule has 7 heteroatoms. The van der Waals surface area contributed by atoms with E-state index in [9.17, 15) is 4.79 Å². The third kappa shape index (κ3) is 4.05. The number of hydrogen-bond donors (Lipinski definition) is 3. The number of esters is 1. The van der Waals surface area contributed by atoms with Crippen molar-refractivity contribution in [1.29, 1.82) is 5.41 Å². The van der Waals surface area contributed by atoms with E-state index in [-0.39, 0.29) is 6.61 Å². The molecule has 0 aliphatic carbocycles. The third-order valence-electron chi connectivity index (χ3n) is 1.46. The van der Waals surface area contributed by atoms with Crippen LogP contribution in [0.3, 0.4) is 0 Å². The maximum atomic E-state index is 11.1. The van der Waals surface area contributed by atoms with Crippen LogP contribution in [0.1, 0.15) is 5.69 Å². The molecule has 15 heavy (non-hydrogen) atoms. The molecule has 1 rings (SSSR count). The molecule has 0 aliphatic rings. The summed E-state index contributed by atoms with van der Waals surface area (Å²) in [7, 11) is 0. The molecule has 0 spiro atoms. The average molecular weight is 209 g/mol. The molecular formula is C8H11N5O2. The topological polar surface area (TPSA) is 108 Å². The molecule has 0 atom stereocenters. The highest BCUT2D eigenvalue weighted by Gasteiger charge is 1.99. The summed E-state index contributed by atoms with van der Waals surface area (Å²) in [6, 6.07) is 0. The maximum Gasteiger partial charge on any atom is 0.332 e. The van der Waals surface area contributed by atoms with Gasteiger partial charge in [-0.25, -0.2) is 15.6 Å². The SMILES string of the molecule is N=CN(N)/C=C\C(=O)OCc1cnc[nH]1. The lowest BCUT2D eigenvalue weighted by molar-refractivity contribution is -0.139. The summed E-state index contributed by atoms with van der Waals surface area (Å²) >= 11 is 0. The van der Waals surface area contributed by atoms with Crippen molar-refractivity contribution in [3.05, 3.63) is 30.5 Å². The zero-order valence-corrected chi connectivity index (χ0v) is 7.88. The quantitative estimate of drug-likeness (QED) is 0.155. The molecule has 0 amide bonds. The Hall–Kier alpha value is -2.15. The van der Waals surface area contributed by atoms with Crippen molar-refractivity contribution in [2.45, 2.75) is 6.61 Å². The second kappa shape index (κ2) is 5.55. The highest BCUT2D eigenvalue weighted by molar-refractivity contribution is 5.82. The summed E-state index contributed by atoms with van der Waals surface area (Å²) in [4.78, 5) is 17.6. The highest BCUT2D eigenvalue weighted by atomic mass is 16.5. The summed E-state index contributed by atoms with van der Waals surface area (Å²) in [5.41, 5.74) is 0.702. The van der Waals surface area contributed by atoms with Gasteiger partial charge < -0.3 is 9.72 Å². The number of aromatic amines is 1. The van der Waals surface area contributed by atoms with Crippen LogP contribution in [0.4, 0.5) is 0 Å². The van der Waals surface area contributed by atoms with Crippen LogP contribution in [-0.4, -0.2) is 27.3 Å². The van der Waals surface area contributed by atoms with Crippen molar-refractivity contribution in [1.82, 2.24) is 15.0 Å². The summed E-state index contributed by atoms with van der Waals surface area (Å²) in [5.74, 6) is 4.65. The zero-order valence-electron chi connectivity index (χ0n) is 7.88. The maximum absolute atomic E-state index is 11.1. The molecule has 0 radical (unpaired) electrons. The van der Waals surface area contributed by atoms with Crippen LogP contribution < -0.4 is 5.84 Å². The number of rotatable bonds is 5. The second-order valence-electron chi connectivity index (χ2n) is 2.58. The number of nitrogens with zero attached hydrogens (tertiary/aromatic N) is 2. The number of ether oxygens (including phenoxy) is 1. The molecule has 1 aromatic rings. The number of aromatic nitrogens is 2. The smallest absolute Gasteiger partial charge is 0.332 e. The van der Waals surface area contributed by atoms with Gasteiger partial charge in [-0.15, -0.1) is 0 Å². The van der Waals surface area contributed by atoms with Gasteiger partial charge in [-0.3, -0.25) is 10.4 Å². The molecule has 0 saturated heterocycles. The van der Waals surface area contributed by atoms with Gasteiger partial charge in [-0.2, -0.15) is 0 Å². The summed E-state index contributed by atoms with van der Waals surface area (Å²) < 4.78 is 4.83. The Morgan fingerprint density at radius 2 is 2.60 bits per heavy atom. The van der Waals surface area contributed by atoms with Gasteiger partial charge in [-0.1, -0.05) is 0 Å². The Bertz CT molecular complexity index is 346. The molecular weight excluding hydrogens is 198 g/mol. The van der Waals surface area contributed by atoms with Crippen molar-refractivity contribution < 1.29 is 9.53 Å². The van der Waals surface area contributed by atoms with Crippen LogP contribution >= 0.6 is 0 Å². The first-order valence-electron chi connectivity index (χ1n) is 4.08. The van der Waals surface area contributed by atoms with E-state index in [4.69, 9.17) is 16.0 Å². The first kappa shape index (κ1) is 10.9. The van der Waals surface area contributed by atoms with E-state index < -0.39 is 5.97 Å². The van der Waals surface area contributed by atoms with Gasteiger partial charge in [0.05, 0.1) is 18.2 Å². The number of hydrazine groups is 1. The number of nitrogens with two attached hydrogens (primary N) is 1. The lowest BCUT2D eigenvalue weighted by Gasteiger charge is -2.03. The van der Waals surface area contributed by atoms with E-state index in [0.717, 1.165) is 17.4 Å². The van der Waals surface area contributed by atoms with Gasteiger partial charge >= 0.3 is 5.97 Å². The molecule has 1 heterocycles. The van der Waals surface area contributed by atoms with Crippen LogP contribution in [-0.2, 0) is 16.1 Å². The number of imidazole rings is 1. The predicted molar refractivity (Wildman–Crippen MR) is 52.3 cm³/mol. The minimum Gasteiger partial charge on any atom is -0.456 e. The van der Waals surface area contributed by atoms with Crippen LogP contribution in [0.5, 0.6) is 0 Å². The molecule has 4 N–H and O–H groups in total. The Labute approximate surface area is 86.0 Å². The summed E-state index contributed by atoms with van der Waals surface area (Å²) in [6.07, 6.45) is 6.27. The molecule has 0 saturated carbocycles. The van der Waals surface area contributed by atoms with E-state index in [0.29, 0.717) is 5.69 Å². The summed E-state index contributed by atoms with van der Waals surface area (Å²) in [6.45, 7) is 0.123. The first-order chi connectivity index (χ1) is 7.22. The Morgan fingerprint density at radius 3 is 3.20 bits per heavy atom. The minimum atomic E-state index is -0.540. The van der Waals surface area contributed by atoms with Crippen molar-refractivity contribution in [2.75, 3.05) is 0 Å². The summed E-state index contributed by atoms with van der Waals surface area (Å²) in [5, 5.41) is 7.66. The molecule has 1 aromatic heterocycles. The van der Waals surface area contributed by atoms with E-state index in [2.05, 4.69) is 9.97 Å². The highest BCUT2D eigenvalue weighted by Crippen LogP contribution is 1.95. The zero-order chi connectivity index (χ0) is 11.1. The number of H-pyrrole nitrogens is 1. The predicted octanol–water partition coefficient (Wildman–Crippen LogP) is -0.251. The normalized spacial score (nSPS) is 10.2. The molecule has 0 unspecified atom stereocenters. The molecule has 80 valence electrons. The molecule has 0 aromatic carbocycles. The Balaban J connectivity index is 2.30. The Kier molecular flexibility index (Phi) is 4.05. The largest absolute Gasteiger partial charge is 0.456 e. The van der Waals surface area contributed by atoms with E-state index >= 15 is 0 Å². The fourth-order valence-electron chi connectivity index (χ4n) is 0.751. The van der Waals surface area contributed by atoms with Gasteiger partial charge in [0.2, 0.25) is 0 Å². The molecule has 0 fully saturated rings. The van der Waals surface area contributed by atoms with Crippen LogP contribution in [0.2, 0.25) is 0 Å². The van der Waals surface area contributed by atoms with Crippen molar-refractivity contribution >= 4 is 12.3 Å². The Morgan fingerprint density at radius 1 is 1.80 bits per heavy atom. The lowest BCUT2D eigenvalue weighted by atomic mass is 10.5. The lowest BCUT2D eigenvalue weighted by Crippen LogP contribution is -2.22. The van der Waals surface area contributed by atoms with Gasteiger partial charge in [0, 0.05) is 12.3 Å². The number of nitrogens with one attached hydrogen (secondary N) is 2. The van der Waals surface area contributed by atoms with E-state index in [1.165, 1.54) is 12.5 Å². The van der Waals surface area contributed by atoms with Crippen molar-refractivity contribution in [3.63, 3.8) is 0 Å². The number of carbonyl (C=O) groups excluding carboxylic acids is 1. The van der Waals surface area contributed by atoms with E-state index in [1.54, 1.807) is 6.20 Å². The van der Waals surface area contributed by atoms with Gasteiger partial charge in [0.1, 0.15) is 12.9 Å². The first-order valence-corrected chi connectivity index (χ1v) is 4.08. The fraction of sp³-hybridized carbons (Fsp3) is 0.125. The fourth-order valence-corrected chi connectivity index (χ4v) is 0.751.